The molecule has 0 aromatic carbocycles. The van der Waals surface area contributed by atoms with Crippen LogP contribution in [0.15, 0.2) is 10.6 Å². The third-order valence-corrected chi connectivity index (χ3v) is 5.42. The highest BCUT2D eigenvalue weighted by molar-refractivity contribution is 5.82. The lowest BCUT2D eigenvalue weighted by Gasteiger charge is -2.39. The van der Waals surface area contributed by atoms with E-state index >= 15 is 0 Å². The molecule has 0 spiro atoms. The summed E-state index contributed by atoms with van der Waals surface area (Å²) in [5, 5.41) is 4.31. The molecule has 2 heterocycles. The number of nitrogens with zero attached hydrogens (tertiary/aromatic N) is 3. The van der Waals surface area contributed by atoms with Crippen LogP contribution in [-0.2, 0) is 11.3 Å². The van der Waals surface area contributed by atoms with E-state index in [1.54, 1.807) is 0 Å². The van der Waals surface area contributed by atoms with E-state index in [0.29, 0.717) is 18.4 Å². The molecule has 1 saturated heterocycles. The molecule has 134 valence electrons. The second-order valence-electron chi connectivity index (χ2n) is 7.88. The third-order valence-electron chi connectivity index (χ3n) is 5.42. The minimum Gasteiger partial charge on any atom is -0.360 e. The molecule has 5 heteroatoms. The van der Waals surface area contributed by atoms with Gasteiger partial charge in [-0.2, -0.15) is 0 Å². The van der Waals surface area contributed by atoms with E-state index in [2.05, 4.69) is 30.0 Å². The van der Waals surface area contributed by atoms with E-state index in [4.69, 9.17) is 4.52 Å². The van der Waals surface area contributed by atoms with Gasteiger partial charge in [0.15, 0.2) is 5.76 Å². The van der Waals surface area contributed by atoms with E-state index in [1.807, 2.05) is 11.8 Å². The Morgan fingerprint density at radius 1 is 1.25 bits per heavy atom. The molecule has 1 aromatic rings. The summed E-state index contributed by atoms with van der Waals surface area (Å²) in [6, 6.07) is 2.04. The molecule has 0 radical (unpaired) electrons. The van der Waals surface area contributed by atoms with Crippen molar-refractivity contribution in [1.29, 1.82) is 0 Å². The van der Waals surface area contributed by atoms with Gasteiger partial charge in [-0.25, -0.2) is 0 Å². The van der Waals surface area contributed by atoms with Crippen LogP contribution in [0.1, 0.15) is 70.2 Å². The molecule has 0 N–H and O–H groups in total. The van der Waals surface area contributed by atoms with Crippen molar-refractivity contribution in [2.24, 2.45) is 5.92 Å². The molecule has 1 aliphatic carbocycles. The molecule has 1 atom stereocenters. The summed E-state index contributed by atoms with van der Waals surface area (Å²) < 4.78 is 5.58. The van der Waals surface area contributed by atoms with Crippen LogP contribution in [-0.4, -0.2) is 46.5 Å². The predicted molar refractivity (Wildman–Crippen MR) is 93.6 cm³/mol. The van der Waals surface area contributed by atoms with Crippen LogP contribution >= 0.6 is 0 Å². The Bertz CT molecular complexity index is 549. The van der Waals surface area contributed by atoms with Crippen molar-refractivity contribution in [1.82, 2.24) is 15.0 Å². The number of carbonyl (C=O) groups is 1. The number of amides is 1. The van der Waals surface area contributed by atoms with Gasteiger partial charge in [-0.3, -0.25) is 9.69 Å². The van der Waals surface area contributed by atoms with Crippen molar-refractivity contribution < 1.29 is 9.32 Å². The number of rotatable bonds is 5. The standard InChI is InChI=1S/C19H31N3O2/c1-14(2)12-22-10-9-21(15(3)19(22)23)13-17-11-18(20-24-17)16-7-5-4-6-8-16/h11,14-16H,4-10,12-13H2,1-3H3. The first-order valence-corrected chi connectivity index (χ1v) is 9.53. The average molecular weight is 333 g/mol. The molecule has 1 saturated carbocycles. The predicted octanol–water partition coefficient (Wildman–Crippen LogP) is 3.41. The molecule has 1 aromatic heterocycles. The molecule has 2 fully saturated rings. The first-order chi connectivity index (χ1) is 11.5. The monoisotopic (exact) mass is 333 g/mol. The zero-order chi connectivity index (χ0) is 17.1. The highest BCUT2D eigenvalue weighted by Crippen LogP contribution is 2.32. The second kappa shape index (κ2) is 7.68. The normalized spacial score (nSPS) is 24.1. The minimum atomic E-state index is -0.0827. The van der Waals surface area contributed by atoms with Gasteiger partial charge in [0.2, 0.25) is 5.91 Å². The van der Waals surface area contributed by atoms with Gasteiger partial charge in [-0.05, 0) is 25.7 Å². The quantitative estimate of drug-likeness (QED) is 0.828. The van der Waals surface area contributed by atoms with Crippen LogP contribution in [0.25, 0.3) is 0 Å². The number of hydrogen-bond acceptors (Lipinski definition) is 4. The van der Waals surface area contributed by atoms with Crippen molar-refractivity contribution in [2.45, 2.75) is 71.4 Å². The van der Waals surface area contributed by atoms with Crippen LogP contribution in [0, 0.1) is 5.92 Å². The first-order valence-electron chi connectivity index (χ1n) is 9.53. The Balaban J connectivity index is 1.58. The van der Waals surface area contributed by atoms with Gasteiger partial charge in [-0.1, -0.05) is 38.3 Å². The highest BCUT2D eigenvalue weighted by Gasteiger charge is 2.32. The number of hydrogen-bond donors (Lipinski definition) is 0. The zero-order valence-corrected chi connectivity index (χ0v) is 15.3. The van der Waals surface area contributed by atoms with E-state index in [9.17, 15) is 4.79 Å². The maximum atomic E-state index is 12.6. The van der Waals surface area contributed by atoms with Crippen LogP contribution in [0.5, 0.6) is 0 Å². The maximum Gasteiger partial charge on any atom is 0.239 e. The van der Waals surface area contributed by atoms with Crippen LogP contribution in [0.3, 0.4) is 0 Å². The first kappa shape index (κ1) is 17.5. The molecule has 3 rings (SSSR count). The number of carbonyl (C=O) groups excluding carboxylic acids is 1. The van der Waals surface area contributed by atoms with Gasteiger partial charge < -0.3 is 9.42 Å². The fourth-order valence-corrected chi connectivity index (χ4v) is 4.01. The number of aromatic nitrogens is 1. The van der Waals surface area contributed by atoms with Crippen LogP contribution in [0.4, 0.5) is 0 Å². The van der Waals surface area contributed by atoms with Crippen molar-refractivity contribution in [2.75, 3.05) is 19.6 Å². The summed E-state index contributed by atoms with van der Waals surface area (Å²) in [5.74, 6) is 2.22. The highest BCUT2D eigenvalue weighted by atomic mass is 16.5. The lowest BCUT2D eigenvalue weighted by Crippen LogP contribution is -2.55. The molecular weight excluding hydrogens is 302 g/mol. The van der Waals surface area contributed by atoms with Crippen molar-refractivity contribution in [3.8, 4) is 0 Å². The summed E-state index contributed by atoms with van der Waals surface area (Å²) in [5.41, 5.74) is 1.11. The Morgan fingerprint density at radius 3 is 2.71 bits per heavy atom. The molecule has 24 heavy (non-hydrogen) atoms. The van der Waals surface area contributed by atoms with Gasteiger partial charge in [0.05, 0.1) is 18.3 Å². The van der Waals surface area contributed by atoms with Crippen LogP contribution in [0.2, 0.25) is 0 Å². The van der Waals surface area contributed by atoms with Gasteiger partial charge >= 0.3 is 0 Å². The summed E-state index contributed by atoms with van der Waals surface area (Å²) >= 11 is 0. The van der Waals surface area contributed by atoms with Crippen molar-refractivity contribution in [3.63, 3.8) is 0 Å². The summed E-state index contributed by atoms with van der Waals surface area (Å²) in [4.78, 5) is 16.8. The fraction of sp³-hybridized carbons (Fsp3) is 0.789. The molecule has 0 bridgehead atoms. The molecule has 5 nitrogen and oxygen atoms in total. The lowest BCUT2D eigenvalue weighted by molar-refractivity contribution is -0.142. The van der Waals surface area contributed by atoms with Crippen molar-refractivity contribution in [3.05, 3.63) is 17.5 Å². The molecule has 2 aliphatic rings. The van der Waals surface area contributed by atoms with E-state index in [1.165, 1.54) is 32.1 Å². The topological polar surface area (TPSA) is 49.6 Å². The van der Waals surface area contributed by atoms with E-state index in [-0.39, 0.29) is 11.9 Å². The van der Waals surface area contributed by atoms with Crippen molar-refractivity contribution >= 4 is 5.91 Å². The van der Waals surface area contributed by atoms with Gasteiger partial charge in [0.25, 0.3) is 0 Å². The van der Waals surface area contributed by atoms with Gasteiger partial charge in [0.1, 0.15) is 0 Å². The average Bonchev–Trinajstić information content (AvgIpc) is 3.04. The maximum absolute atomic E-state index is 12.6. The molecule has 1 unspecified atom stereocenters. The van der Waals surface area contributed by atoms with E-state index < -0.39 is 0 Å². The SMILES string of the molecule is CC(C)CN1CCN(Cc2cc(C3CCCCC3)no2)C(C)C1=O. The fourth-order valence-electron chi connectivity index (χ4n) is 4.01. The molecular formula is C19H31N3O2. The molecule has 1 aliphatic heterocycles. The Morgan fingerprint density at radius 2 is 2.00 bits per heavy atom. The van der Waals surface area contributed by atoms with Crippen LogP contribution < -0.4 is 0 Å². The Kier molecular flexibility index (Phi) is 5.59. The summed E-state index contributed by atoms with van der Waals surface area (Å²) in [6.07, 6.45) is 6.41. The van der Waals surface area contributed by atoms with Gasteiger partial charge in [0, 0.05) is 31.6 Å². The number of piperazine rings is 1. The smallest absolute Gasteiger partial charge is 0.239 e. The van der Waals surface area contributed by atoms with E-state index in [0.717, 1.165) is 31.1 Å². The summed E-state index contributed by atoms with van der Waals surface area (Å²) in [6.45, 7) is 9.57. The molecule has 1 amide bonds. The van der Waals surface area contributed by atoms with Gasteiger partial charge in [-0.15, -0.1) is 0 Å². The third kappa shape index (κ3) is 4.00. The Labute approximate surface area is 145 Å². The minimum absolute atomic E-state index is 0.0827. The summed E-state index contributed by atoms with van der Waals surface area (Å²) in [7, 11) is 0. The zero-order valence-electron chi connectivity index (χ0n) is 15.3. The largest absolute Gasteiger partial charge is 0.360 e. The Hall–Kier alpha value is -1.36. The lowest BCUT2D eigenvalue weighted by atomic mass is 9.87. The second-order valence-corrected chi connectivity index (χ2v) is 7.88.